The van der Waals surface area contributed by atoms with Gasteiger partial charge >= 0.3 is 6.18 Å². The van der Waals surface area contributed by atoms with Gasteiger partial charge in [0.05, 0.1) is 27.9 Å². The number of imide groups is 1. The van der Waals surface area contributed by atoms with E-state index in [2.05, 4.69) is 0 Å². The van der Waals surface area contributed by atoms with Crippen molar-refractivity contribution in [3.63, 3.8) is 0 Å². The molecule has 184 valence electrons. The molecule has 36 heavy (non-hydrogen) atoms. The zero-order chi connectivity index (χ0) is 25.6. The van der Waals surface area contributed by atoms with Gasteiger partial charge in [-0.2, -0.15) is 13.2 Å². The second-order valence-corrected chi connectivity index (χ2v) is 8.48. The lowest BCUT2D eigenvalue weighted by atomic mass is 10.0. The Morgan fingerprint density at radius 1 is 0.750 bits per heavy atom. The van der Waals surface area contributed by atoms with Crippen molar-refractivity contribution in [2.75, 3.05) is 36.0 Å². The highest BCUT2D eigenvalue weighted by Crippen LogP contribution is 2.34. The van der Waals surface area contributed by atoms with Crippen molar-refractivity contribution in [3.8, 4) is 0 Å². The summed E-state index contributed by atoms with van der Waals surface area (Å²) >= 11 is 0. The van der Waals surface area contributed by atoms with Crippen LogP contribution in [0.1, 0.15) is 36.6 Å². The predicted molar refractivity (Wildman–Crippen MR) is 124 cm³/mol. The number of rotatable bonds is 3. The minimum atomic E-state index is -4.79. The number of piperazine rings is 1. The minimum Gasteiger partial charge on any atom is -0.368 e. The number of hydrogen-bond donors (Lipinski definition) is 0. The van der Waals surface area contributed by atoms with E-state index >= 15 is 0 Å². The third kappa shape index (κ3) is 4.08. The van der Waals surface area contributed by atoms with Gasteiger partial charge in [-0.05, 0) is 48.5 Å². The van der Waals surface area contributed by atoms with Gasteiger partial charge in [0.2, 0.25) is 0 Å². The lowest BCUT2D eigenvalue weighted by molar-refractivity contribution is -0.138. The van der Waals surface area contributed by atoms with Crippen molar-refractivity contribution in [1.29, 1.82) is 0 Å². The van der Waals surface area contributed by atoms with Crippen molar-refractivity contribution in [2.45, 2.75) is 6.18 Å². The molecule has 3 amide bonds. The molecule has 0 radical (unpaired) electrons. The number of halogens is 4. The number of hydrogen-bond acceptors (Lipinski definition) is 4. The van der Waals surface area contributed by atoms with E-state index in [1.54, 1.807) is 48.5 Å². The molecular formula is C26H19F4N3O3. The molecule has 3 aromatic carbocycles. The molecule has 2 aliphatic heterocycles. The molecule has 6 nitrogen and oxygen atoms in total. The average Bonchev–Trinajstić information content (AvgIpc) is 3.12. The van der Waals surface area contributed by atoms with Crippen molar-refractivity contribution >= 4 is 29.1 Å². The first-order chi connectivity index (χ1) is 17.1. The van der Waals surface area contributed by atoms with Crippen molar-refractivity contribution in [3.05, 3.63) is 94.8 Å². The number of anilines is 2. The van der Waals surface area contributed by atoms with Crippen LogP contribution in [0.4, 0.5) is 28.9 Å². The number of amides is 3. The van der Waals surface area contributed by atoms with Crippen LogP contribution in [-0.2, 0) is 6.18 Å². The van der Waals surface area contributed by atoms with Gasteiger partial charge in [0.25, 0.3) is 17.7 Å². The molecule has 10 heteroatoms. The Morgan fingerprint density at radius 3 is 2.08 bits per heavy atom. The summed E-state index contributed by atoms with van der Waals surface area (Å²) in [6, 6.07) is 15.3. The second kappa shape index (κ2) is 8.78. The van der Waals surface area contributed by atoms with Crippen LogP contribution in [0, 0.1) is 5.82 Å². The van der Waals surface area contributed by atoms with Gasteiger partial charge in [-0.3, -0.25) is 14.4 Å². The number of benzene rings is 3. The van der Waals surface area contributed by atoms with E-state index < -0.39 is 40.8 Å². The summed E-state index contributed by atoms with van der Waals surface area (Å²) in [5, 5.41) is 0. The smallest absolute Gasteiger partial charge is 0.368 e. The Bertz CT molecular complexity index is 1370. The van der Waals surface area contributed by atoms with Crippen molar-refractivity contribution < 1.29 is 31.9 Å². The highest BCUT2D eigenvalue weighted by Gasteiger charge is 2.38. The maximum absolute atomic E-state index is 13.6. The zero-order valence-corrected chi connectivity index (χ0v) is 18.8. The first-order valence-electron chi connectivity index (χ1n) is 11.1. The quantitative estimate of drug-likeness (QED) is 0.392. The molecule has 0 unspecified atom stereocenters. The van der Waals surface area contributed by atoms with Crippen molar-refractivity contribution in [1.82, 2.24) is 4.90 Å². The molecule has 1 saturated heterocycles. The maximum atomic E-state index is 13.6. The molecular weight excluding hydrogens is 478 g/mol. The number of fused-ring (bicyclic) bond motifs is 1. The number of para-hydroxylation sites is 1. The third-order valence-corrected chi connectivity index (χ3v) is 6.33. The van der Waals surface area contributed by atoms with E-state index in [-0.39, 0.29) is 37.3 Å². The number of nitrogens with zero attached hydrogens (tertiary/aromatic N) is 3. The van der Waals surface area contributed by atoms with Crippen LogP contribution in [0.2, 0.25) is 0 Å². The molecule has 0 spiro atoms. The van der Waals surface area contributed by atoms with Gasteiger partial charge in [0.15, 0.2) is 0 Å². The van der Waals surface area contributed by atoms with Gasteiger partial charge in [0.1, 0.15) is 5.82 Å². The van der Waals surface area contributed by atoms with Crippen LogP contribution >= 0.6 is 0 Å². The van der Waals surface area contributed by atoms with Crippen molar-refractivity contribution in [2.24, 2.45) is 0 Å². The summed E-state index contributed by atoms with van der Waals surface area (Å²) in [5.74, 6) is -2.68. The summed E-state index contributed by atoms with van der Waals surface area (Å²) in [6.45, 7) is 0.775. The number of carbonyl (C=O) groups is 3. The van der Waals surface area contributed by atoms with Crippen LogP contribution in [0.25, 0.3) is 0 Å². The molecule has 0 saturated carbocycles. The lowest BCUT2D eigenvalue weighted by Gasteiger charge is -2.36. The summed E-state index contributed by atoms with van der Waals surface area (Å²) < 4.78 is 53.7. The predicted octanol–water partition coefficient (Wildman–Crippen LogP) is 4.61. The second-order valence-electron chi connectivity index (χ2n) is 8.48. The van der Waals surface area contributed by atoms with E-state index in [0.29, 0.717) is 29.6 Å². The normalized spacial score (nSPS) is 15.9. The van der Waals surface area contributed by atoms with Gasteiger partial charge < -0.3 is 9.80 Å². The molecule has 3 aromatic rings. The highest BCUT2D eigenvalue weighted by atomic mass is 19.4. The van der Waals surface area contributed by atoms with Gasteiger partial charge in [-0.25, -0.2) is 9.29 Å². The fourth-order valence-corrected chi connectivity index (χ4v) is 4.52. The standard InChI is InChI=1S/C26H19F4N3O3/c27-16-6-9-22(26(28,29)30)21(14-16)23(34)32-12-10-31(11-13-32)18-7-8-19-20(15-18)25(36)33(24(19)35)17-4-2-1-3-5-17/h1-9,14-15H,10-13H2. The Hall–Kier alpha value is -4.21. The van der Waals surface area contributed by atoms with Crippen LogP contribution in [-0.4, -0.2) is 48.8 Å². The molecule has 2 aliphatic rings. The van der Waals surface area contributed by atoms with E-state index in [1.165, 1.54) is 4.90 Å². The van der Waals surface area contributed by atoms with Crippen LogP contribution in [0.5, 0.6) is 0 Å². The molecule has 0 N–H and O–H groups in total. The lowest BCUT2D eigenvalue weighted by Crippen LogP contribution is -2.49. The molecule has 0 bridgehead atoms. The Labute approximate surface area is 203 Å². The topological polar surface area (TPSA) is 60.9 Å². The van der Waals surface area contributed by atoms with E-state index in [4.69, 9.17) is 0 Å². The summed E-state index contributed by atoms with van der Waals surface area (Å²) in [5.41, 5.74) is -0.243. The van der Waals surface area contributed by atoms with Gasteiger partial charge in [-0.15, -0.1) is 0 Å². The summed E-state index contributed by atoms with van der Waals surface area (Å²) in [7, 11) is 0. The minimum absolute atomic E-state index is 0.104. The van der Waals surface area contributed by atoms with Gasteiger partial charge in [-0.1, -0.05) is 18.2 Å². The van der Waals surface area contributed by atoms with Gasteiger partial charge in [0, 0.05) is 31.9 Å². The molecule has 0 aliphatic carbocycles. The van der Waals surface area contributed by atoms with Crippen LogP contribution < -0.4 is 9.80 Å². The van der Waals surface area contributed by atoms with Crippen LogP contribution in [0.15, 0.2) is 66.7 Å². The molecule has 2 heterocycles. The largest absolute Gasteiger partial charge is 0.417 e. The molecule has 1 fully saturated rings. The number of alkyl halides is 3. The molecule has 5 rings (SSSR count). The summed E-state index contributed by atoms with van der Waals surface area (Å²) in [6.07, 6.45) is -4.79. The monoisotopic (exact) mass is 497 g/mol. The Morgan fingerprint density at radius 2 is 1.42 bits per heavy atom. The third-order valence-electron chi connectivity index (χ3n) is 6.33. The Balaban J connectivity index is 1.32. The summed E-state index contributed by atoms with van der Waals surface area (Å²) in [4.78, 5) is 42.9. The average molecular weight is 497 g/mol. The first-order valence-corrected chi connectivity index (χ1v) is 11.1. The number of carbonyl (C=O) groups excluding carboxylic acids is 3. The zero-order valence-electron chi connectivity index (χ0n) is 18.8. The van der Waals surface area contributed by atoms with E-state index in [0.717, 1.165) is 4.90 Å². The van der Waals surface area contributed by atoms with Crippen LogP contribution in [0.3, 0.4) is 0 Å². The van der Waals surface area contributed by atoms with E-state index in [9.17, 15) is 31.9 Å². The Kier molecular flexibility index (Phi) is 5.74. The SMILES string of the molecule is O=C(c1cc(F)ccc1C(F)(F)F)N1CCN(c2ccc3c(c2)C(=O)N(c2ccccc2)C3=O)CC1. The molecule has 0 atom stereocenters. The fraction of sp³-hybridized carbons (Fsp3) is 0.192. The van der Waals surface area contributed by atoms with E-state index in [1.807, 2.05) is 4.90 Å². The highest BCUT2D eigenvalue weighted by molar-refractivity contribution is 6.34. The molecule has 0 aromatic heterocycles. The first kappa shape index (κ1) is 23.5. The fourth-order valence-electron chi connectivity index (χ4n) is 4.52. The maximum Gasteiger partial charge on any atom is 0.417 e.